The summed E-state index contributed by atoms with van der Waals surface area (Å²) in [6, 6.07) is 0.0776. The van der Waals surface area contributed by atoms with Gasteiger partial charge in [-0.25, -0.2) is 9.48 Å². The Labute approximate surface area is 479 Å². The fourth-order valence-corrected chi connectivity index (χ4v) is 10.6. The van der Waals surface area contributed by atoms with Crippen LogP contribution in [0, 0.1) is 42.3 Å². The van der Waals surface area contributed by atoms with Gasteiger partial charge in [0, 0.05) is 81.2 Å². The van der Waals surface area contributed by atoms with Crippen molar-refractivity contribution in [1.82, 2.24) is 34.9 Å². The number of carbonyl (C=O) groups excluding carboxylic acids is 3. The van der Waals surface area contributed by atoms with E-state index in [0.29, 0.717) is 70.8 Å². The molecular formula is C58H78FN9O15. The molecule has 0 saturated carbocycles. The summed E-state index contributed by atoms with van der Waals surface area (Å²) in [7, 11) is 1.46. The van der Waals surface area contributed by atoms with Crippen LogP contribution in [0.15, 0.2) is 63.2 Å². The number of amides is 1. The molecule has 2 aromatic heterocycles. The normalized spacial score (nSPS) is 26.2. The van der Waals surface area contributed by atoms with Crippen LogP contribution in [0.3, 0.4) is 0 Å². The number of rotatable bonds is 17. The van der Waals surface area contributed by atoms with Crippen molar-refractivity contribution in [2.24, 2.45) is 34.7 Å². The molecular weight excluding hydrogens is 1080 g/mol. The van der Waals surface area contributed by atoms with Crippen molar-refractivity contribution < 1.29 is 67.6 Å². The van der Waals surface area contributed by atoms with E-state index < -0.39 is 87.9 Å². The van der Waals surface area contributed by atoms with Crippen LogP contribution in [-0.2, 0) is 52.8 Å². The molecule has 2 aromatic carbocycles. The van der Waals surface area contributed by atoms with Crippen LogP contribution in [0.2, 0.25) is 0 Å². The number of carbonyl (C=O) groups is 3. The van der Waals surface area contributed by atoms with Crippen molar-refractivity contribution in [3.05, 3.63) is 97.6 Å². The number of hydrogen-bond acceptors (Lipinski definition) is 20. The Bertz CT molecular complexity index is 3240. The second-order valence-corrected chi connectivity index (χ2v) is 21.8. The van der Waals surface area contributed by atoms with E-state index in [1.165, 1.54) is 46.4 Å². The van der Waals surface area contributed by atoms with Crippen molar-refractivity contribution in [1.29, 1.82) is 0 Å². The number of hydrazone groups is 1. The summed E-state index contributed by atoms with van der Waals surface area (Å²) in [5.74, 6) is -8.53. The first-order valence-electron chi connectivity index (χ1n) is 27.9. The molecule has 8 rings (SSSR count). The van der Waals surface area contributed by atoms with Crippen LogP contribution >= 0.6 is 0 Å². The number of nitrogens with one attached hydrogen (secondary N) is 3. The highest BCUT2D eigenvalue weighted by atomic mass is 19.1. The van der Waals surface area contributed by atoms with Crippen molar-refractivity contribution in [3.63, 3.8) is 0 Å². The lowest BCUT2D eigenvalue weighted by Gasteiger charge is -2.38. The number of phenols is 3. The summed E-state index contributed by atoms with van der Waals surface area (Å²) >= 11 is 0. The molecule has 6 heterocycles. The minimum atomic E-state index is -2.07. The Morgan fingerprint density at radius 3 is 2.37 bits per heavy atom. The fraction of sp³-hybridized carbons (Fsp3) is 0.552. The third-order valence-electron chi connectivity index (χ3n) is 16.1. The van der Waals surface area contributed by atoms with E-state index >= 15 is 0 Å². The first-order chi connectivity index (χ1) is 39.5. The van der Waals surface area contributed by atoms with Gasteiger partial charge in [-0.05, 0) is 63.4 Å². The zero-order valence-corrected chi connectivity index (χ0v) is 48.6. The Balaban J connectivity index is 1.03. The van der Waals surface area contributed by atoms with Gasteiger partial charge in [-0.2, -0.15) is 9.49 Å². The molecule has 0 unspecified atom stereocenters. The van der Waals surface area contributed by atoms with Crippen LogP contribution in [0.5, 0.6) is 23.0 Å². The number of piperidine rings is 1. The number of hydrogen-bond donors (Lipinski definition) is 7. The monoisotopic (exact) mass is 1160 g/mol. The van der Waals surface area contributed by atoms with E-state index in [2.05, 4.69) is 26.0 Å². The lowest BCUT2D eigenvalue weighted by atomic mass is 9.75. The topological polar surface area (TPSA) is 313 Å². The number of halogens is 1. The smallest absolute Gasteiger partial charge is 0.328 e. The summed E-state index contributed by atoms with van der Waals surface area (Å²) in [5, 5.41) is 68.3. The van der Waals surface area contributed by atoms with E-state index in [0.717, 1.165) is 10.8 Å². The number of aromatic hydroxyl groups is 3. The molecule has 4 aliphatic heterocycles. The van der Waals surface area contributed by atoms with Gasteiger partial charge in [-0.1, -0.05) is 58.1 Å². The minimum Gasteiger partial charge on any atom is -0.507 e. The number of aromatic nitrogens is 5. The van der Waals surface area contributed by atoms with Crippen LogP contribution in [-0.4, -0.2) is 151 Å². The van der Waals surface area contributed by atoms with Crippen molar-refractivity contribution in [2.75, 3.05) is 52.1 Å². The average Bonchev–Trinajstić information content (AvgIpc) is 2.85. The average molecular weight is 1160 g/mol. The van der Waals surface area contributed by atoms with Gasteiger partial charge in [0.2, 0.25) is 5.82 Å². The first kappa shape index (κ1) is 63.1. The second-order valence-electron chi connectivity index (χ2n) is 21.8. The van der Waals surface area contributed by atoms with Gasteiger partial charge in [-0.15, -0.1) is 5.10 Å². The zero-order valence-electron chi connectivity index (χ0n) is 48.6. The predicted octanol–water partition coefficient (Wildman–Crippen LogP) is 5.32. The largest absolute Gasteiger partial charge is 0.507 e. The Morgan fingerprint density at radius 2 is 1.66 bits per heavy atom. The van der Waals surface area contributed by atoms with E-state index in [9.17, 15) is 48.8 Å². The molecule has 1 saturated heterocycles. The Hall–Kier alpha value is -7.45. The second kappa shape index (κ2) is 27.8. The highest BCUT2D eigenvalue weighted by molar-refractivity contribution is 6.23. The molecule has 4 aliphatic rings. The van der Waals surface area contributed by atoms with E-state index in [4.69, 9.17) is 28.4 Å². The van der Waals surface area contributed by atoms with Crippen molar-refractivity contribution >= 4 is 40.3 Å². The van der Waals surface area contributed by atoms with Gasteiger partial charge in [0.25, 0.3) is 17.2 Å². The number of aryl methyl sites for hydroxylation is 2. The standard InChI is InChI=1S/C58H78FN9O15/c1-31-13-11-14-32(2)55(75)62-47-41(27-61-67-20-16-39(17-21-67)60-30-80-26-25-79-24-22-68-28-40(64-65-68)15-12-19-66-29-42(59)56(76)63-57(66)77)50(72)44-45(51(47)73)49(71)37(7)53-46(44)54(74)58(9,83-53)81-23-18-43(78-10)35(5)52(82-38(8)69)36(6)48(70)34(4)33(31)3/h11,13-14,18,23,27-29,31,33-36,39,43,48,52,60,70-73H,12,15-17,19-22,24-26,30H2,1-10H3,(H,62,75)(H,63,76,77)/b13-11+,23-18+,32-14-,61-27+/t31-,33-,34+,35+,36+,43-,48+,52+,58-/m0/s1. The molecule has 1 fully saturated rings. The number of nitrogens with zero attached hydrogens (tertiary/aromatic N) is 6. The van der Waals surface area contributed by atoms with Gasteiger partial charge < -0.3 is 54.2 Å². The van der Waals surface area contributed by atoms with Gasteiger partial charge in [0.1, 0.15) is 23.4 Å². The molecule has 4 aromatic rings. The number of benzene rings is 2. The summed E-state index contributed by atoms with van der Waals surface area (Å²) in [6.45, 7) is 18.1. The predicted molar refractivity (Wildman–Crippen MR) is 304 cm³/mol. The number of phenolic OH excluding ortho intramolecular Hbond substituents is 3. The number of ketones is 1. The molecule has 25 heteroatoms. The van der Waals surface area contributed by atoms with Crippen LogP contribution in [0.4, 0.5) is 10.1 Å². The Morgan fingerprint density at radius 1 is 0.940 bits per heavy atom. The van der Waals surface area contributed by atoms with Gasteiger partial charge >= 0.3 is 17.4 Å². The van der Waals surface area contributed by atoms with Crippen molar-refractivity contribution in [3.8, 4) is 23.0 Å². The molecule has 0 aliphatic carbocycles. The number of aliphatic hydroxyl groups is 1. The molecule has 9 atom stereocenters. The van der Waals surface area contributed by atoms with Gasteiger partial charge in [0.05, 0.1) is 91.9 Å². The molecule has 7 N–H and O–H groups in total. The summed E-state index contributed by atoms with van der Waals surface area (Å²) < 4.78 is 51.8. The highest BCUT2D eigenvalue weighted by Gasteiger charge is 2.50. The number of H-pyrrole nitrogens is 1. The SMILES string of the molecule is CO[C@H]1/C=C/O[C@@]2(C)Oc3c(C)c(O)c4c(O)c(c(/C=N/N5CCC(NCOCCOCCn6cc(CCCn7cc(F)c(=O)[nH]c7=O)nn6)CC5)c(O)c4c3C2=O)NC(=O)/C(C)=C\C=C\[C@H](C)[C@H](C)[C@@H](C)[C@@H](O)[C@@H](C)[C@H](OC(C)=O)[C@@H]1C. The number of allylic oxidation sites excluding steroid dienone is 3. The highest BCUT2D eigenvalue weighted by Crippen LogP contribution is 2.55. The number of aromatic amines is 1. The van der Waals surface area contributed by atoms with Crippen LogP contribution < -0.4 is 26.6 Å². The number of fused-ring (bicyclic) bond motifs is 14. The molecule has 83 heavy (non-hydrogen) atoms. The third kappa shape index (κ3) is 14.7. The quantitative estimate of drug-likeness (QED) is 0.0176. The number of methoxy groups -OCH3 is 1. The molecule has 0 radical (unpaired) electrons. The number of ether oxygens (including phenoxy) is 6. The molecule has 5 bridgehead atoms. The van der Waals surface area contributed by atoms with Crippen molar-refractivity contribution in [2.45, 2.75) is 131 Å². The van der Waals surface area contributed by atoms with Crippen LogP contribution in [0.1, 0.15) is 102 Å². The molecule has 452 valence electrons. The first-order valence-corrected chi connectivity index (χ1v) is 27.9. The molecule has 1 amide bonds. The number of esters is 1. The maximum absolute atomic E-state index is 14.7. The van der Waals surface area contributed by atoms with Gasteiger partial charge in [-0.3, -0.25) is 39.1 Å². The number of anilines is 1. The lowest BCUT2D eigenvalue weighted by Crippen LogP contribution is -2.45. The lowest BCUT2D eigenvalue weighted by molar-refractivity contribution is -0.159. The third-order valence-corrected chi connectivity index (χ3v) is 16.1. The molecule has 24 nitrogen and oxygen atoms in total. The van der Waals surface area contributed by atoms with E-state index in [1.807, 2.05) is 45.7 Å². The maximum atomic E-state index is 14.7. The summed E-state index contributed by atoms with van der Waals surface area (Å²) in [4.78, 5) is 66.3. The summed E-state index contributed by atoms with van der Waals surface area (Å²) in [5.41, 5.74) is -1.43. The zero-order chi connectivity index (χ0) is 60.4. The summed E-state index contributed by atoms with van der Waals surface area (Å²) in [6.07, 6.45) is 11.7. The molecule has 0 spiro atoms. The number of aliphatic hydroxyl groups excluding tert-OH is 1. The fourth-order valence-electron chi connectivity index (χ4n) is 10.6. The van der Waals surface area contributed by atoms with Crippen LogP contribution in [0.25, 0.3) is 10.8 Å². The maximum Gasteiger partial charge on any atom is 0.328 e. The minimum absolute atomic E-state index is 0.0404. The Kier molecular flexibility index (Phi) is 21.1. The number of Topliss-reactive ketones (excluding diaryl/α,β-unsaturated/α-hetero) is 1. The van der Waals surface area contributed by atoms with E-state index in [1.54, 1.807) is 35.0 Å². The van der Waals surface area contributed by atoms with Gasteiger partial charge in [0.15, 0.2) is 5.75 Å². The van der Waals surface area contributed by atoms with E-state index in [-0.39, 0.29) is 81.5 Å².